The highest BCUT2D eigenvalue weighted by Crippen LogP contribution is 2.64. The van der Waals surface area contributed by atoms with E-state index in [0.29, 0.717) is 24.7 Å². The number of carbonyl (C=O) groups is 4. The van der Waals surface area contributed by atoms with Gasteiger partial charge in [0.15, 0.2) is 0 Å². The zero-order valence-corrected chi connectivity index (χ0v) is 20.6. The molecule has 4 saturated carbocycles. The van der Waals surface area contributed by atoms with Crippen molar-refractivity contribution < 1.29 is 28.7 Å². The van der Waals surface area contributed by atoms with Crippen molar-refractivity contribution in [2.45, 2.75) is 66.2 Å². The third kappa shape index (κ3) is 2.93. The Morgan fingerprint density at radius 2 is 1.15 bits per heavy atom. The maximum absolute atomic E-state index is 13.1. The van der Waals surface area contributed by atoms with E-state index in [1.807, 2.05) is 0 Å². The molecular formula is C28H34O6. The molecule has 1 aromatic rings. The van der Waals surface area contributed by atoms with Crippen molar-refractivity contribution in [3.63, 3.8) is 0 Å². The number of Topliss-reactive ketones (excluding diaryl/α,β-unsaturated/α-hetero) is 2. The van der Waals surface area contributed by atoms with Crippen LogP contribution >= 0.6 is 0 Å². The number of esters is 2. The fourth-order valence-corrected chi connectivity index (χ4v) is 7.59. The van der Waals surface area contributed by atoms with Gasteiger partial charge in [-0.25, -0.2) is 9.59 Å². The van der Waals surface area contributed by atoms with E-state index in [-0.39, 0.29) is 46.7 Å². The Balaban J connectivity index is 1.30. The summed E-state index contributed by atoms with van der Waals surface area (Å²) in [5, 5.41) is 0. The average Bonchev–Trinajstić information content (AvgIpc) is 3.34. The molecule has 182 valence electrons. The molecule has 0 saturated heterocycles. The van der Waals surface area contributed by atoms with Crippen molar-refractivity contribution in [2.24, 2.45) is 33.5 Å². The fourth-order valence-electron chi connectivity index (χ4n) is 7.59. The molecule has 6 nitrogen and oxygen atoms in total. The van der Waals surface area contributed by atoms with E-state index in [9.17, 15) is 19.2 Å². The second-order valence-corrected chi connectivity index (χ2v) is 12.0. The molecule has 0 heterocycles. The molecular weight excluding hydrogens is 432 g/mol. The Morgan fingerprint density at radius 3 is 1.44 bits per heavy atom. The normalized spacial score (nSPS) is 34.5. The van der Waals surface area contributed by atoms with Crippen molar-refractivity contribution in [1.82, 2.24) is 0 Å². The maximum atomic E-state index is 13.1. The molecule has 6 heteroatoms. The zero-order chi connectivity index (χ0) is 24.5. The van der Waals surface area contributed by atoms with Gasteiger partial charge in [0.1, 0.15) is 24.8 Å². The van der Waals surface area contributed by atoms with E-state index in [1.54, 1.807) is 24.3 Å². The lowest BCUT2D eigenvalue weighted by Gasteiger charge is -2.36. The van der Waals surface area contributed by atoms with Gasteiger partial charge in [0.2, 0.25) is 0 Å². The van der Waals surface area contributed by atoms with Gasteiger partial charge < -0.3 is 9.47 Å². The lowest BCUT2D eigenvalue weighted by molar-refractivity contribution is -0.133. The second kappa shape index (κ2) is 7.50. The largest absolute Gasteiger partial charge is 0.461 e. The number of hydrogen-bond donors (Lipinski definition) is 0. The van der Waals surface area contributed by atoms with Crippen LogP contribution in [-0.2, 0) is 19.1 Å². The summed E-state index contributed by atoms with van der Waals surface area (Å²) >= 11 is 0. The van der Waals surface area contributed by atoms with Crippen LogP contribution in [0.2, 0.25) is 0 Å². The monoisotopic (exact) mass is 466 g/mol. The van der Waals surface area contributed by atoms with Crippen LogP contribution in [0.25, 0.3) is 0 Å². The third-order valence-corrected chi connectivity index (χ3v) is 10.5. The standard InChI is InChI=1S/C28H34O6/c1-25(2)17-9-11-27(25,21(29)13-17)15-33-23(31)19-7-5-6-8-20(19)24(32)34-16-28-12-10-18(14-22(28)30)26(28,3)4/h5-8,17-18H,9-16H2,1-4H3. The zero-order valence-electron chi connectivity index (χ0n) is 20.6. The summed E-state index contributed by atoms with van der Waals surface area (Å²) < 4.78 is 11.4. The summed E-state index contributed by atoms with van der Waals surface area (Å²) in [6.45, 7) is 8.43. The number of benzene rings is 1. The molecule has 0 N–H and O–H groups in total. The van der Waals surface area contributed by atoms with Crippen LogP contribution in [0.4, 0.5) is 0 Å². The third-order valence-electron chi connectivity index (χ3n) is 10.5. The topological polar surface area (TPSA) is 86.7 Å². The summed E-state index contributed by atoms with van der Waals surface area (Å²) in [7, 11) is 0. The summed E-state index contributed by atoms with van der Waals surface area (Å²) in [5.74, 6) is -0.245. The number of fused-ring (bicyclic) bond motifs is 4. The van der Waals surface area contributed by atoms with Crippen LogP contribution in [0, 0.1) is 33.5 Å². The van der Waals surface area contributed by atoms with Crippen LogP contribution in [0.15, 0.2) is 24.3 Å². The smallest absolute Gasteiger partial charge is 0.339 e. The predicted octanol–water partition coefficient (Wildman–Crippen LogP) is 4.79. The summed E-state index contributed by atoms with van der Waals surface area (Å²) in [4.78, 5) is 51.6. The van der Waals surface area contributed by atoms with Crippen molar-refractivity contribution >= 4 is 23.5 Å². The van der Waals surface area contributed by atoms with E-state index >= 15 is 0 Å². The van der Waals surface area contributed by atoms with Crippen molar-refractivity contribution in [2.75, 3.05) is 13.2 Å². The molecule has 4 bridgehead atoms. The van der Waals surface area contributed by atoms with Gasteiger partial charge >= 0.3 is 11.9 Å². The first-order valence-electron chi connectivity index (χ1n) is 12.5. The molecule has 4 fully saturated rings. The second-order valence-electron chi connectivity index (χ2n) is 12.0. The first-order chi connectivity index (χ1) is 16.0. The predicted molar refractivity (Wildman–Crippen MR) is 124 cm³/mol. The lowest BCUT2D eigenvalue weighted by Crippen LogP contribution is -2.41. The molecule has 0 amide bonds. The number of ketones is 2. The molecule has 4 aliphatic carbocycles. The number of hydrogen-bond acceptors (Lipinski definition) is 6. The van der Waals surface area contributed by atoms with E-state index in [0.717, 1.165) is 25.7 Å². The average molecular weight is 467 g/mol. The van der Waals surface area contributed by atoms with Crippen LogP contribution < -0.4 is 0 Å². The van der Waals surface area contributed by atoms with Gasteiger partial charge in [-0.15, -0.1) is 0 Å². The summed E-state index contributed by atoms with van der Waals surface area (Å²) in [5.41, 5.74) is -1.45. The van der Waals surface area contributed by atoms with E-state index in [2.05, 4.69) is 27.7 Å². The molecule has 34 heavy (non-hydrogen) atoms. The molecule has 4 aliphatic rings. The molecule has 0 aromatic heterocycles. The molecule has 0 aliphatic heterocycles. The first-order valence-corrected chi connectivity index (χ1v) is 12.5. The summed E-state index contributed by atoms with van der Waals surface area (Å²) in [6.07, 6.45) is 4.49. The highest BCUT2D eigenvalue weighted by Gasteiger charge is 2.65. The number of ether oxygens (including phenoxy) is 2. The Labute approximate surface area is 200 Å². The van der Waals surface area contributed by atoms with E-state index in [4.69, 9.17) is 9.47 Å². The molecule has 4 unspecified atom stereocenters. The van der Waals surface area contributed by atoms with Gasteiger partial charge in [0.25, 0.3) is 0 Å². The lowest BCUT2D eigenvalue weighted by atomic mass is 9.69. The molecule has 1 aromatic carbocycles. The summed E-state index contributed by atoms with van der Waals surface area (Å²) in [6, 6.07) is 6.44. The van der Waals surface area contributed by atoms with Crippen LogP contribution in [0.1, 0.15) is 86.9 Å². The Bertz CT molecular complexity index is 999. The Kier molecular flexibility index (Phi) is 5.13. The molecule has 0 spiro atoms. The van der Waals surface area contributed by atoms with Crippen molar-refractivity contribution in [1.29, 1.82) is 0 Å². The minimum absolute atomic E-state index is 0.0325. The van der Waals surface area contributed by atoms with Gasteiger partial charge in [0.05, 0.1) is 22.0 Å². The van der Waals surface area contributed by atoms with Crippen molar-refractivity contribution in [3.8, 4) is 0 Å². The molecule has 5 rings (SSSR count). The number of carbonyl (C=O) groups excluding carboxylic acids is 4. The van der Waals surface area contributed by atoms with Crippen LogP contribution in [0.3, 0.4) is 0 Å². The van der Waals surface area contributed by atoms with Gasteiger partial charge in [0, 0.05) is 12.8 Å². The Morgan fingerprint density at radius 1 is 0.765 bits per heavy atom. The van der Waals surface area contributed by atoms with Gasteiger partial charge in [-0.2, -0.15) is 0 Å². The van der Waals surface area contributed by atoms with Gasteiger partial charge in [-0.1, -0.05) is 39.8 Å². The SMILES string of the molecule is CC1(C)C2CCC1(COC(=O)c1ccccc1C(=O)OCC13CCC(CC1=O)C3(C)C)C(=O)C2. The first kappa shape index (κ1) is 23.3. The maximum Gasteiger partial charge on any atom is 0.339 e. The minimum Gasteiger partial charge on any atom is -0.461 e. The van der Waals surface area contributed by atoms with Gasteiger partial charge in [-0.3, -0.25) is 9.59 Å². The highest BCUT2D eigenvalue weighted by atomic mass is 16.5. The van der Waals surface area contributed by atoms with E-state index in [1.165, 1.54) is 0 Å². The fraction of sp³-hybridized carbons (Fsp3) is 0.643. The van der Waals surface area contributed by atoms with Crippen LogP contribution in [-0.4, -0.2) is 36.7 Å². The number of rotatable bonds is 6. The van der Waals surface area contributed by atoms with E-state index < -0.39 is 22.8 Å². The molecule has 4 atom stereocenters. The Hall–Kier alpha value is -2.50. The highest BCUT2D eigenvalue weighted by molar-refractivity contribution is 6.03. The molecule has 0 radical (unpaired) electrons. The quantitative estimate of drug-likeness (QED) is 0.560. The van der Waals surface area contributed by atoms with Crippen molar-refractivity contribution in [3.05, 3.63) is 35.4 Å². The van der Waals surface area contributed by atoms with Crippen LogP contribution in [0.5, 0.6) is 0 Å². The van der Waals surface area contributed by atoms with Gasteiger partial charge in [-0.05, 0) is 60.5 Å². The minimum atomic E-state index is -0.643.